The maximum atomic E-state index is 13.4. The SMILES string of the molecule is C=CC(=O)N1CCCCC(n2c(NC(=O)c3ccnc(C)c3)nc3cc(OC4CC(C)(C)CCCCP4)cc(Cl)c32)C1. The fraction of sp³-hybridized carbons (Fsp3) is 0.500. The molecular formula is C32H41ClN5O3P. The highest BCUT2D eigenvalue weighted by Gasteiger charge is 2.29. The second kappa shape index (κ2) is 13.1. The molecule has 3 aromatic rings. The van der Waals surface area contributed by atoms with Crippen LogP contribution < -0.4 is 10.1 Å². The number of ether oxygens (including phenoxy) is 1. The molecule has 0 bridgehead atoms. The molecule has 2 amide bonds. The summed E-state index contributed by atoms with van der Waals surface area (Å²) < 4.78 is 8.58. The first-order valence-corrected chi connectivity index (χ1v) is 16.6. The number of hydrogen-bond acceptors (Lipinski definition) is 5. The molecule has 3 atom stereocenters. The molecular weight excluding hydrogens is 569 g/mol. The monoisotopic (exact) mass is 609 g/mol. The molecule has 0 radical (unpaired) electrons. The number of aryl methyl sites for hydroxylation is 1. The van der Waals surface area contributed by atoms with Gasteiger partial charge in [-0.05, 0) is 75.2 Å². The molecule has 224 valence electrons. The quantitative estimate of drug-likeness (QED) is 0.233. The molecule has 8 nitrogen and oxygen atoms in total. The number of imidazole rings is 1. The van der Waals surface area contributed by atoms with Gasteiger partial charge in [0.15, 0.2) is 0 Å². The molecule has 2 fully saturated rings. The zero-order chi connectivity index (χ0) is 29.9. The fourth-order valence-electron chi connectivity index (χ4n) is 6.11. The van der Waals surface area contributed by atoms with Crippen LogP contribution in [-0.2, 0) is 4.79 Å². The molecule has 0 aliphatic carbocycles. The van der Waals surface area contributed by atoms with Gasteiger partial charge in [0, 0.05) is 42.7 Å². The number of nitrogens with one attached hydrogen (secondary N) is 1. The highest BCUT2D eigenvalue weighted by molar-refractivity contribution is 7.38. The van der Waals surface area contributed by atoms with Gasteiger partial charge in [0.25, 0.3) is 5.91 Å². The van der Waals surface area contributed by atoms with Crippen LogP contribution in [0, 0.1) is 12.3 Å². The van der Waals surface area contributed by atoms with Crippen LogP contribution in [0.2, 0.25) is 5.02 Å². The van der Waals surface area contributed by atoms with Gasteiger partial charge in [0.2, 0.25) is 11.9 Å². The topological polar surface area (TPSA) is 89.4 Å². The van der Waals surface area contributed by atoms with E-state index in [0.29, 0.717) is 40.9 Å². The lowest BCUT2D eigenvalue weighted by Gasteiger charge is -2.32. The van der Waals surface area contributed by atoms with Crippen molar-refractivity contribution in [2.24, 2.45) is 5.41 Å². The maximum Gasteiger partial charge on any atom is 0.258 e. The molecule has 0 spiro atoms. The summed E-state index contributed by atoms with van der Waals surface area (Å²) in [5.41, 5.74) is 2.85. The van der Waals surface area contributed by atoms with Crippen molar-refractivity contribution >= 4 is 49.0 Å². The van der Waals surface area contributed by atoms with Crippen molar-refractivity contribution in [3.8, 4) is 5.75 Å². The Bertz CT molecular complexity index is 1470. The van der Waals surface area contributed by atoms with E-state index in [9.17, 15) is 9.59 Å². The Kier molecular flexibility index (Phi) is 9.54. The Morgan fingerprint density at radius 3 is 2.83 bits per heavy atom. The van der Waals surface area contributed by atoms with Crippen molar-refractivity contribution in [1.82, 2.24) is 19.4 Å². The molecule has 10 heteroatoms. The summed E-state index contributed by atoms with van der Waals surface area (Å²) in [6.45, 7) is 11.3. The molecule has 3 unspecified atom stereocenters. The van der Waals surface area contributed by atoms with E-state index >= 15 is 0 Å². The Balaban J connectivity index is 1.53. The third-order valence-electron chi connectivity index (χ3n) is 8.26. The Morgan fingerprint density at radius 2 is 2.05 bits per heavy atom. The molecule has 2 saturated heterocycles. The van der Waals surface area contributed by atoms with Crippen LogP contribution in [0.1, 0.15) is 80.9 Å². The second-order valence-electron chi connectivity index (χ2n) is 12.2. The van der Waals surface area contributed by atoms with Gasteiger partial charge in [0.05, 0.1) is 22.1 Å². The van der Waals surface area contributed by atoms with Gasteiger partial charge in [-0.15, -0.1) is 0 Å². The van der Waals surface area contributed by atoms with Crippen molar-refractivity contribution < 1.29 is 14.3 Å². The summed E-state index contributed by atoms with van der Waals surface area (Å²) >= 11 is 7.02. The minimum absolute atomic E-state index is 0.103. The molecule has 2 aliphatic rings. The second-order valence-corrected chi connectivity index (χ2v) is 14.2. The van der Waals surface area contributed by atoms with Crippen LogP contribution >= 0.6 is 20.2 Å². The number of fused-ring (bicyclic) bond motifs is 1. The lowest BCUT2D eigenvalue weighted by molar-refractivity contribution is -0.126. The minimum atomic E-state index is -0.282. The third-order valence-corrected chi connectivity index (χ3v) is 9.97. The van der Waals surface area contributed by atoms with Crippen LogP contribution in [-0.4, -0.2) is 56.3 Å². The largest absolute Gasteiger partial charge is 0.486 e. The van der Waals surface area contributed by atoms with Crippen LogP contribution in [0.4, 0.5) is 5.95 Å². The summed E-state index contributed by atoms with van der Waals surface area (Å²) in [7, 11) is 0.728. The molecule has 0 saturated carbocycles. The van der Waals surface area contributed by atoms with Gasteiger partial charge in [-0.1, -0.05) is 47.0 Å². The highest BCUT2D eigenvalue weighted by Crippen LogP contribution is 2.42. The summed E-state index contributed by atoms with van der Waals surface area (Å²) in [5.74, 6) is 0.836. The predicted molar refractivity (Wildman–Crippen MR) is 171 cm³/mol. The van der Waals surface area contributed by atoms with Gasteiger partial charge in [-0.2, -0.15) is 0 Å². The van der Waals surface area contributed by atoms with Crippen LogP contribution in [0.25, 0.3) is 11.0 Å². The Morgan fingerprint density at radius 1 is 1.21 bits per heavy atom. The zero-order valence-corrected chi connectivity index (χ0v) is 26.5. The molecule has 1 N–H and O–H groups in total. The summed E-state index contributed by atoms with van der Waals surface area (Å²) in [6, 6.07) is 7.10. The van der Waals surface area contributed by atoms with Crippen LogP contribution in [0.15, 0.2) is 43.1 Å². The van der Waals surface area contributed by atoms with Crippen molar-refractivity contribution in [1.29, 1.82) is 0 Å². The van der Waals surface area contributed by atoms with E-state index in [2.05, 4.69) is 30.7 Å². The number of pyridine rings is 1. The van der Waals surface area contributed by atoms with E-state index in [4.69, 9.17) is 21.3 Å². The van der Waals surface area contributed by atoms with Gasteiger partial charge >= 0.3 is 0 Å². The van der Waals surface area contributed by atoms with E-state index in [1.54, 1.807) is 18.3 Å². The van der Waals surface area contributed by atoms with Crippen LogP contribution in [0.5, 0.6) is 5.75 Å². The Hall–Kier alpha value is -2.96. The smallest absolute Gasteiger partial charge is 0.258 e. The van der Waals surface area contributed by atoms with Gasteiger partial charge in [-0.3, -0.25) is 19.9 Å². The normalized spacial score (nSPS) is 21.8. The van der Waals surface area contributed by atoms with E-state index < -0.39 is 0 Å². The average Bonchev–Trinajstić information content (AvgIpc) is 3.11. The molecule has 4 heterocycles. The van der Waals surface area contributed by atoms with Gasteiger partial charge in [0.1, 0.15) is 11.6 Å². The minimum Gasteiger partial charge on any atom is -0.486 e. The molecule has 42 heavy (non-hydrogen) atoms. The Labute approximate surface area is 255 Å². The number of benzene rings is 1. The van der Waals surface area contributed by atoms with E-state index in [-0.39, 0.29) is 29.1 Å². The maximum absolute atomic E-state index is 13.4. The van der Waals surface area contributed by atoms with Gasteiger partial charge < -0.3 is 14.2 Å². The lowest BCUT2D eigenvalue weighted by Crippen LogP contribution is -2.34. The standard InChI is InChI=1S/C32H41ClN5O3P/c1-5-27(39)37-14-8-6-10-23(20-37)38-29-25(33)17-24(41-28-19-32(3,4)12-7-9-15-42-28)18-26(29)35-31(38)36-30(40)22-11-13-34-21(2)16-22/h5,11,13,16-18,23,28,42H,1,6-10,12,14-15,19-20H2,2-4H3,(H,35,36,40). The predicted octanol–water partition coefficient (Wildman–Crippen LogP) is 7.37. The van der Waals surface area contributed by atoms with E-state index in [0.717, 1.165) is 45.5 Å². The first-order chi connectivity index (χ1) is 20.1. The number of hydrogen-bond donors (Lipinski definition) is 1. The van der Waals surface area contributed by atoms with Crippen molar-refractivity contribution in [2.45, 2.75) is 77.6 Å². The van der Waals surface area contributed by atoms with Crippen molar-refractivity contribution in [3.63, 3.8) is 0 Å². The van der Waals surface area contributed by atoms with Crippen molar-refractivity contribution in [3.05, 3.63) is 59.4 Å². The molecule has 2 aromatic heterocycles. The number of anilines is 1. The first-order valence-electron chi connectivity index (χ1n) is 14.9. The first kappa shape index (κ1) is 30.5. The summed E-state index contributed by atoms with van der Waals surface area (Å²) in [4.78, 5) is 36.9. The number of carbonyl (C=O) groups excluding carboxylic acids is 2. The average molecular weight is 610 g/mol. The third kappa shape index (κ3) is 7.15. The molecule has 2 aliphatic heterocycles. The van der Waals surface area contributed by atoms with Crippen LogP contribution in [0.3, 0.4) is 0 Å². The summed E-state index contributed by atoms with van der Waals surface area (Å²) in [6.07, 6.45) is 11.5. The highest BCUT2D eigenvalue weighted by atomic mass is 35.5. The van der Waals surface area contributed by atoms with E-state index in [1.165, 1.54) is 31.5 Å². The lowest BCUT2D eigenvalue weighted by atomic mass is 9.84. The number of likely N-dealkylation sites (tertiary alicyclic amines) is 1. The number of aromatic nitrogens is 3. The number of rotatable bonds is 6. The zero-order valence-electron chi connectivity index (χ0n) is 24.8. The van der Waals surface area contributed by atoms with Crippen molar-refractivity contribution in [2.75, 3.05) is 24.6 Å². The van der Waals surface area contributed by atoms with E-state index in [1.807, 2.05) is 28.5 Å². The molecule has 5 rings (SSSR count). The number of halogens is 1. The van der Waals surface area contributed by atoms with Gasteiger partial charge in [-0.25, -0.2) is 4.98 Å². The number of amides is 2. The summed E-state index contributed by atoms with van der Waals surface area (Å²) in [5, 5.41) is 3.55. The molecule has 1 aromatic carbocycles. The number of nitrogens with zero attached hydrogens (tertiary/aromatic N) is 4. The fourth-order valence-corrected chi connectivity index (χ4v) is 8.09. The number of carbonyl (C=O) groups is 2.